The van der Waals surface area contributed by atoms with Gasteiger partial charge in [0.1, 0.15) is 0 Å². The SMILES string of the molecule is CCS(=O)(=O)c1cc(C#N)ccc1C1NC(=O)N(c2cccc(C(F)(F)F)c2)C2=C1C(=O)CCC2. The van der Waals surface area contributed by atoms with E-state index < -0.39 is 33.6 Å². The van der Waals surface area contributed by atoms with Crippen LogP contribution in [0.3, 0.4) is 0 Å². The third-order valence-corrected chi connectivity index (χ3v) is 7.84. The molecule has 2 aliphatic rings. The Bertz CT molecular complexity index is 1410. The second-order valence-electron chi connectivity index (χ2n) is 8.17. The summed E-state index contributed by atoms with van der Waals surface area (Å²) in [6.45, 7) is 1.43. The molecule has 2 aromatic rings. The summed E-state index contributed by atoms with van der Waals surface area (Å²) < 4.78 is 65.6. The smallest absolute Gasteiger partial charge is 0.326 e. The molecule has 1 aliphatic heterocycles. The number of alkyl halides is 3. The van der Waals surface area contributed by atoms with Gasteiger partial charge in [-0.2, -0.15) is 18.4 Å². The number of hydrogen-bond acceptors (Lipinski definition) is 5. The fraction of sp³-hybridized carbons (Fsp3) is 0.292. The van der Waals surface area contributed by atoms with Gasteiger partial charge >= 0.3 is 12.2 Å². The zero-order chi connectivity index (χ0) is 25.5. The number of allylic oxidation sites excluding steroid dienone is 1. The molecule has 2 aromatic carbocycles. The third-order valence-electron chi connectivity index (χ3n) is 6.06. The maximum atomic E-state index is 13.3. The van der Waals surface area contributed by atoms with Gasteiger partial charge in [-0.3, -0.25) is 9.69 Å². The summed E-state index contributed by atoms with van der Waals surface area (Å²) in [5.74, 6) is -0.608. The minimum atomic E-state index is -4.63. The first-order valence-corrected chi connectivity index (χ1v) is 12.4. The fourth-order valence-corrected chi connectivity index (χ4v) is 5.55. The molecule has 0 saturated heterocycles. The molecular weight excluding hydrogens is 483 g/mol. The first kappa shape index (κ1) is 24.5. The number of hydrogen-bond donors (Lipinski definition) is 1. The first-order chi connectivity index (χ1) is 16.5. The summed E-state index contributed by atoms with van der Waals surface area (Å²) in [5, 5.41) is 11.9. The van der Waals surface area contributed by atoms with Crippen LogP contribution in [0.1, 0.15) is 48.9 Å². The molecule has 0 spiro atoms. The maximum Gasteiger partial charge on any atom is 0.416 e. The summed E-state index contributed by atoms with van der Waals surface area (Å²) in [6, 6.07) is 8.18. The Morgan fingerprint density at radius 3 is 2.54 bits per heavy atom. The number of halogens is 3. The number of anilines is 1. The van der Waals surface area contributed by atoms with Crippen LogP contribution in [0.4, 0.5) is 23.7 Å². The predicted octanol–water partition coefficient (Wildman–Crippen LogP) is 4.65. The zero-order valence-electron chi connectivity index (χ0n) is 18.5. The highest BCUT2D eigenvalue weighted by atomic mass is 32.2. The van der Waals surface area contributed by atoms with Crippen molar-refractivity contribution in [2.45, 2.75) is 43.3 Å². The number of benzene rings is 2. The van der Waals surface area contributed by atoms with Crippen LogP contribution >= 0.6 is 0 Å². The van der Waals surface area contributed by atoms with E-state index in [1.54, 1.807) is 0 Å². The number of amides is 2. The molecule has 0 aromatic heterocycles. The van der Waals surface area contributed by atoms with Crippen LogP contribution in [0.2, 0.25) is 0 Å². The van der Waals surface area contributed by atoms with Crippen molar-refractivity contribution in [1.82, 2.24) is 5.32 Å². The van der Waals surface area contributed by atoms with Gasteiger partial charge in [0, 0.05) is 17.7 Å². The summed E-state index contributed by atoms with van der Waals surface area (Å²) in [6.07, 6.45) is -3.85. The number of nitrogens with zero attached hydrogens (tertiary/aromatic N) is 2. The predicted molar refractivity (Wildman–Crippen MR) is 120 cm³/mol. The Morgan fingerprint density at radius 2 is 1.89 bits per heavy atom. The number of sulfone groups is 1. The monoisotopic (exact) mass is 503 g/mol. The van der Waals surface area contributed by atoms with E-state index in [4.69, 9.17) is 0 Å². The number of Topliss-reactive ketones (excluding diaryl/α,β-unsaturated/α-hetero) is 1. The van der Waals surface area contributed by atoms with Crippen LogP contribution in [0.5, 0.6) is 0 Å². The molecule has 0 saturated carbocycles. The Kier molecular flexibility index (Phi) is 6.19. The Labute approximate surface area is 199 Å². The van der Waals surface area contributed by atoms with Crippen LogP contribution in [-0.2, 0) is 20.8 Å². The number of carbonyl (C=O) groups is 2. The summed E-state index contributed by atoms with van der Waals surface area (Å²) in [5.41, 5.74) is -0.413. The van der Waals surface area contributed by atoms with E-state index in [1.165, 1.54) is 37.3 Å². The highest BCUT2D eigenvalue weighted by Gasteiger charge is 2.41. The average Bonchev–Trinajstić information content (AvgIpc) is 2.82. The van der Waals surface area contributed by atoms with Gasteiger partial charge in [-0.15, -0.1) is 0 Å². The van der Waals surface area contributed by atoms with E-state index in [0.717, 1.165) is 17.0 Å². The molecular formula is C24H20F3N3O4S. The van der Waals surface area contributed by atoms with Crippen molar-refractivity contribution in [2.75, 3.05) is 10.7 Å². The Morgan fingerprint density at radius 1 is 1.14 bits per heavy atom. The highest BCUT2D eigenvalue weighted by Crippen LogP contribution is 2.42. The van der Waals surface area contributed by atoms with Gasteiger partial charge in [0.05, 0.1) is 39.6 Å². The maximum absolute atomic E-state index is 13.3. The number of urea groups is 1. The van der Waals surface area contributed by atoms with E-state index in [0.29, 0.717) is 6.42 Å². The highest BCUT2D eigenvalue weighted by molar-refractivity contribution is 7.91. The number of rotatable bonds is 4. The van der Waals surface area contributed by atoms with Gasteiger partial charge in [0.15, 0.2) is 15.6 Å². The van der Waals surface area contributed by atoms with Crippen LogP contribution in [0, 0.1) is 11.3 Å². The Balaban J connectivity index is 1.93. The van der Waals surface area contributed by atoms with Gasteiger partial charge in [-0.25, -0.2) is 13.2 Å². The molecule has 1 N–H and O–H groups in total. The van der Waals surface area contributed by atoms with Gasteiger partial charge < -0.3 is 5.32 Å². The molecule has 2 amide bonds. The lowest BCUT2D eigenvalue weighted by atomic mass is 9.84. The molecule has 0 bridgehead atoms. The number of nitriles is 1. The zero-order valence-corrected chi connectivity index (χ0v) is 19.3. The van der Waals surface area contributed by atoms with Crippen molar-refractivity contribution >= 4 is 27.3 Å². The van der Waals surface area contributed by atoms with Gasteiger partial charge in [0.2, 0.25) is 0 Å². The van der Waals surface area contributed by atoms with Crippen LogP contribution in [0.25, 0.3) is 0 Å². The standard InChI is InChI=1S/C24H20F3N3O4S/c1-2-35(33,34)20-11-14(13-28)9-10-17(20)22-21-18(7-4-8-19(21)31)30(23(32)29-22)16-6-3-5-15(12-16)24(25,26)27/h3,5-6,9-12,22H,2,4,7-8H2,1H3,(H,29,32). The first-order valence-electron chi connectivity index (χ1n) is 10.8. The molecule has 1 unspecified atom stereocenters. The van der Waals surface area contributed by atoms with Gasteiger partial charge in [0.25, 0.3) is 0 Å². The number of ketones is 1. The lowest BCUT2D eigenvalue weighted by Crippen LogP contribution is -2.49. The van der Waals surface area contributed by atoms with E-state index in [1.807, 2.05) is 6.07 Å². The van der Waals surface area contributed by atoms with Crippen molar-refractivity contribution < 1.29 is 31.2 Å². The summed E-state index contributed by atoms with van der Waals surface area (Å²) in [7, 11) is -3.85. The Hall–Kier alpha value is -3.65. The molecule has 4 rings (SSSR count). The second-order valence-corrected chi connectivity index (χ2v) is 10.4. The van der Waals surface area contributed by atoms with E-state index in [-0.39, 0.29) is 57.4 Å². The normalized spacial score (nSPS) is 18.7. The molecule has 35 heavy (non-hydrogen) atoms. The third kappa shape index (κ3) is 4.41. The van der Waals surface area contributed by atoms with Gasteiger partial charge in [-0.05, 0) is 48.7 Å². The second kappa shape index (κ2) is 8.85. The lowest BCUT2D eigenvalue weighted by Gasteiger charge is -2.39. The average molecular weight is 504 g/mol. The summed E-state index contributed by atoms with van der Waals surface area (Å²) in [4.78, 5) is 27.2. The quantitative estimate of drug-likeness (QED) is 0.654. The van der Waals surface area contributed by atoms with Crippen molar-refractivity contribution in [3.8, 4) is 6.07 Å². The van der Waals surface area contributed by atoms with Crippen molar-refractivity contribution in [3.05, 3.63) is 70.4 Å². The van der Waals surface area contributed by atoms with E-state index in [9.17, 15) is 36.4 Å². The van der Waals surface area contributed by atoms with Crippen molar-refractivity contribution in [1.29, 1.82) is 5.26 Å². The van der Waals surface area contributed by atoms with Crippen LogP contribution < -0.4 is 10.2 Å². The minimum absolute atomic E-state index is 0.0563. The van der Waals surface area contributed by atoms with Crippen molar-refractivity contribution in [2.24, 2.45) is 0 Å². The molecule has 182 valence electrons. The summed E-state index contributed by atoms with van der Waals surface area (Å²) >= 11 is 0. The molecule has 11 heteroatoms. The number of carbonyl (C=O) groups excluding carboxylic acids is 2. The molecule has 1 heterocycles. The van der Waals surface area contributed by atoms with Crippen LogP contribution in [-0.4, -0.2) is 26.0 Å². The minimum Gasteiger partial charge on any atom is -0.326 e. The largest absolute Gasteiger partial charge is 0.416 e. The molecule has 1 aliphatic carbocycles. The van der Waals surface area contributed by atoms with Gasteiger partial charge in [-0.1, -0.05) is 19.1 Å². The van der Waals surface area contributed by atoms with E-state index >= 15 is 0 Å². The van der Waals surface area contributed by atoms with Crippen LogP contribution in [0.15, 0.2) is 58.6 Å². The molecule has 7 nitrogen and oxygen atoms in total. The van der Waals surface area contributed by atoms with Crippen molar-refractivity contribution in [3.63, 3.8) is 0 Å². The lowest BCUT2D eigenvalue weighted by molar-refractivity contribution is -0.137. The van der Waals surface area contributed by atoms with E-state index in [2.05, 4.69) is 5.32 Å². The molecule has 1 atom stereocenters. The number of nitrogens with one attached hydrogen (secondary N) is 1. The topological polar surface area (TPSA) is 107 Å². The molecule has 0 fully saturated rings. The molecule has 0 radical (unpaired) electrons. The fourth-order valence-electron chi connectivity index (χ4n) is 4.38.